The number of hydrogen-bond acceptors (Lipinski definition) is 1. The maximum atomic E-state index is 5.86. The predicted molar refractivity (Wildman–Crippen MR) is 60.9 cm³/mol. The summed E-state index contributed by atoms with van der Waals surface area (Å²) in [4.78, 5) is 0. The smallest absolute Gasteiger partial charge is 0.0921 e. The minimum absolute atomic E-state index is 0.0884. The molecule has 0 fully saturated rings. The van der Waals surface area contributed by atoms with Crippen LogP contribution >= 0.6 is 0 Å². The summed E-state index contributed by atoms with van der Waals surface area (Å²) in [5.74, 6) is 2.57. The highest BCUT2D eigenvalue weighted by Gasteiger charge is 2.19. The third kappa shape index (κ3) is 2.16. The first-order valence-corrected chi connectivity index (χ1v) is 4.78. The van der Waals surface area contributed by atoms with E-state index < -0.39 is 0 Å². The Morgan fingerprint density at radius 3 is 2.36 bits per heavy atom. The van der Waals surface area contributed by atoms with Crippen molar-refractivity contribution in [2.24, 2.45) is 5.73 Å². The minimum Gasteiger partial charge on any atom is -0.314 e. The molecule has 0 radical (unpaired) electrons. The molecule has 0 aromatic heterocycles. The standard InChI is InChI=1S/C13H17N/c1-5-12(14)10-8-6-7-9-11(10)13(2,3)4/h1,6-9,12H,14H2,2-4H3. The van der Waals surface area contributed by atoms with Crippen LogP contribution in [0.25, 0.3) is 0 Å². The van der Waals surface area contributed by atoms with Gasteiger partial charge in [0.2, 0.25) is 0 Å². The van der Waals surface area contributed by atoms with Crippen LogP contribution in [0.2, 0.25) is 0 Å². The van der Waals surface area contributed by atoms with Gasteiger partial charge < -0.3 is 5.73 Å². The second-order valence-corrected chi connectivity index (χ2v) is 4.48. The summed E-state index contributed by atoms with van der Waals surface area (Å²) in [6, 6.07) is 7.79. The average Bonchev–Trinajstić information content (AvgIpc) is 2.15. The van der Waals surface area contributed by atoms with Crippen molar-refractivity contribution in [3.63, 3.8) is 0 Å². The molecule has 0 spiro atoms. The van der Waals surface area contributed by atoms with Crippen molar-refractivity contribution < 1.29 is 0 Å². The van der Waals surface area contributed by atoms with Crippen LogP contribution < -0.4 is 5.73 Å². The molecule has 0 aliphatic carbocycles. The van der Waals surface area contributed by atoms with Gasteiger partial charge in [0, 0.05) is 0 Å². The van der Waals surface area contributed by atoms with Crippen molar-refractivity contribution in [1.82, 2.24) is 0 Å². The molecule has 1 nitrogen and oxygen atoms in total. The Labute approximate surface area is 86.3 Å². The second-order valence-electron chi connectivity index (χ2n) is 4.48. The van der Waals surface area contributed by atoms with E-state index in [1.807, 2.05) is 18.2 Å². The van der Waals surface area contributed by atoms with Crippen molar-refractivity contribution >= 4 is 0 Å². The minimum atomic E-state index is -0.301. The highest BCUT2D eigenvalue weighted by atomic mass is 14.6. The quantitative estimate of drug-likeness (QED) is 0.672. The Morgan fingerprint density at radius 2 is 1.86 bits per heavy atom. The van der Waals surface area contributed by atoms with Crippen molar-refractivity contribution in [1.29, 1.82) is 0 Å². The Balaban J connectivity index is 3.25. The van der Waals surface area contributed by atoms with Crippen molar-refractivity contribution in [2.45, 2.75) is 32.2 Å². The van der Waals surface area contributed by atoms with Gasteiger partial charge in [-0.2, -0.15) is 0 Å². The maximum absolute atomic E-state index is 5.86. The van der Waals surface area contributed by atoms with Gasteiger partial charge in [0.15, 0.2) is 0 Å². The summed E-state index contributed by atoms with van der Waals surface area (Å²) in [5, 5.41) is 0. The van der Waals surface area contributed by atoms with Crippen LogP contribution in [0.1, 0.15) is 37.9 Å². The summed E-state index contributed by atoms with van der Waals surface area (Å²) < 4.78 is 0. The summed E-state index contributed by atoms with van der Waals surface area (Å²) in [6.07, 6.45) is 5.34. The average molecular weight is 187 g/mol. The SMILES string of the molecule is C#CC(N)c1ccccc1C(C)(C)C. The number of hydrogen-bond donors (Lipinski definition) is 1. The van der Waals surface area contributed by atoms with E-state index in [9.17, 15) is 0 Å². The van der Waals surface area contributed by atoms with Crippen molar-refractivity contribution in [3.8, 4) is 12.3 Å². The van der Waals surface area contributed by atoms with Crippen LogP contribution in [0.15, 0.2) is 24.3 Å². The Bertz CT molecular complexity index is 352. The highest BCUT2D eigenvalue weighted by Crippen LogP contribution is 2.28. The number of benzene rings is 1. The van der Waals surface area contributed by atoms with Crippen LogP contribution in [0, 0.1) is 12.3 Å². The topological polar surface area (TPSA) is 26.0 Å². The molecule has 0 aliphatic rings. The molecule has 0 heterocycles. The monoisotopic (exact) mass is 187 g/mol. The zero-order chi connectivity index (χ0) is 10.8. The largest absolute Gasteiger partial charge is 0.314 e. The van der Waals surface area contributed by atoms with E-state index in [2.05, 4.69) is 32.8 Å². The molecule has 1 rings (SSSR count). The molecular formula is C13H17N. The summed E-state index contributed by atoms with van der Waals surface area (Å²) in [7, 11) is 0. The molecule has 0 saturated carbocycles. The van der Waals surface area contributed by atoms with E-state index in [1.54, 1.807) is 0 Å². The fourth-order valence-corrected chi connectivity index (χ4v) is 1.54. The van der Waals surface area contributed by atoms with Crippen molar-refractivity contribution in [2.75, 3.05) is 0 Å². The van der Waals surface area contributed by atoms with Gasteiger partial charge >= 0.3 is 0 Å². The summed E-state index contributed by atoms with van der Waals surface area (Å²) in [5.41, 5.74) is 8.23. The molecule has 2 N–H and O–H groups in total. The summed E-state index contributed by atoms with van der Waals surface area (Å²) in [6.45, 7) is 6.49. The first-order chi connectivity index (χ1) is 6.46. The van der Waals surface area contributed by atoms with Crippen LogP contribution in [0.5, 0.6) is 0 Å². The molecule has 74 valence electrons. The van der Waals surface area contributed by atoms with Gasteiger partial charge in [-0.25, -0.2) is 0 Å². The lowest BCUT2D eigenvalue weighted by Crippen LogP contribution is -2.18. The van der Waals surface area contributed by atoms with Gasteiger partial charge in [-0.05, 0) is 16.5 Å². The molecule has 0 saturated heterocycles. The molecule has 1 unspecified atom stereocenters. The summed E-state index contributed by atoms with van der Waals surface area (Å²) >= 11 is 0. The zero-order valence-corrected chi connectivity index (χ0v) is 9.04. The Morgan fingerprint density at radius 1 is 1.29 bits per heavy atom. The number of terminal acetylenes is 1. The molecule has 0 amide bonds. The van der Waals surface area contributed by atoms with Crippen LogP contribution in [0.4, 0.5) is 0 Å². The number of nitrogens with two attached hydrogens (primary N) is 1. The molecule has 0 aliphatic heterocycles. The second kappa shape index (κ2) is 3.86. The van der Waals surface area contributed by atoms with E-state index in [-0.39, 0.29) is 11.5 Å². The molecule has 1 aromatic carbocycles. The van der Waals surface area contributed by atoms with Gasteiger partial charge in [-0.15, -0.1) is 6.42 Å². The van der Waals surface area contributed by atoms with Gasteiger partial charge in [0.05, 0.1) is 6.04 Å². The molecule has 1 aromatic rings. The highest BCUT2D eigenvalue weighted by molar-refractivity contribution is 5.38. The number of rotatable bonds is 1. The fraction of sp³-hybridized carbons (Fsp3) is 0.385. The normalized spacial score (nSPS) is 13.4. The lowest BCUT2D eigenvalue weighted by atomic mass is 9.82. The van der Waals surface area contributed by atoms with Gasteiger partial charge in [0.25, 0.3) is 0 Å². The van der Waals surface area contributed by atoms with Crippen LogP contribution in [-0.2, 0) is 5.41 Å². The van der Waals surface area contributed by atoms with E-state index in [4.69, 9.17) is 12.2 Å². The van der Waals surface area contributed by atoms with Crippen LogP contribution in [-0.4, -0.2) is 0 Å². The van der Waals surface area contributed by atoms with E-state index in [0.717, 1.165) is 5.56 Å². The van der Waals surface area contributed by atoms with Gasteiger partial charge in [-0.1, -0.05) is 51.0 Å². The molecule has 1 heteroatoms. The molecule has 1 atom stereocenters. The Hall–Kier alpha value is -1.26. The molecule has 0 bridgehead atoms. The van der Waals surface area contributed by atoms with E-state index >= 15 is 0 Å². The third-order valence-electron chi connectivity index (χ3n) is 2.28. The maximum Gasteiger partial charge on any atom is 0.0921 e. The first kappa shape index (κ1) is 10.8. The zero-order valence-electron chi connectivity index (χ0n) is 9.04. The first-order valence-electron chi connectivity index (χ1n) is 4.78. The van der Waals surface area contributed by atoms with Crippen molar-refractivity contribution in [3.05, 3.63) is 35.4 Å². The van der Waals surface area contributed by atoms with Gasteiger partial charge in [-0.3, -0.25) is 0 Å². The fourth-order valence-electron chi connectivity index (χ4n) is 1.54. The lowest BCUT2D eigenvalue weighted by molar-refractivity contribution is 0.580. The third-order valence-corrected chi connectivity index (χ3v) is 2.28. The lowest BCUT2D eigenvalue weighted by Gasteiger charge is -2.24. The van der Waals surface area contributed by atoms with Crippen LogP contribution in [0.3, 0.4) is 0 Å². The predicted octanol–water partition coefficient (Wildman–Crippen LogP) is 2.62. The molecular weight excluding hydrogens is 170 g/mol. The Kier molecular flexibility index (Phi) is 2.98. The molecule has 14 heavy (non-hydrogen) atoms. The van der Waals surface area contributed by atoms with E-state index in [1.165, 1.54) is 5.56 Å². The van der Waals surface area contributed by atoms with E-state index in [0.29, 0.717) is 0 Å². The van der Waals surface area contributed by atoms with Gasteiger partial charge in [0.1, 0.15) is 0 Å².